The molecule has 6 aromatic rings. The van der Waals surface area contributed by atoms with E-state index in [2.05, 4.69) is 152 Å². The van der Waals surface area contributed by atoms with Crippen molar-refractivity contribution in [2.45, 2.75) is 26.6 Å². The van der Waals surface area contributed by atoms with Gasteiger partial charge in [0, 0.05) is 22.8 Å². The van der Waals surface area contributed by atoms with Crippen molar-refractivity contribution >= 4 is 51.9 Å². The summed E-state index contributed by atoms with van der Waals surface area (Å²) in [5.74, 6) is 1.86. The van der Waals surface area contributed by atoms with Crippen LogP contribution in [0.1, 0.15) is 5.56 Å². The molecule has 0 atom stereocenters. The Labute approximate surface area is 236 Å². The molecule has 0 saturated carbocycles. The Morgan fingerprint density at radius 1 is 0.725 bits per heavy atom. The third kappa shape index (κ3) is 3.75. The fourth-order valence-electron chi connectivity index (χ4n) is 6.12. The molecule has 1 aliphatic rings. The number of hydrogen-bond acceptors (Lipinski definition) is 2. The Morgan fingerprint density at radius 3 is 1.95 bits per heavy atom. The molecule has 3 nitrogen and oxygen atoms in total. The van der Waals surface area contributed by atoms with Crippen molar-refractivity contribution in [2.24, 2.45) is 7.05 Å². The SMILES string of the molecule is Cc1c2c(c(N(c3ccccc3)c3ccccc3)c3ccccc13)Oc1cc([Si](C)(C)C)cc3cc[n+](C)c-2c13. The van der Waals surface area contributed by atoms with Crippen LogP contribution in [0, 0.1) is 6.92 Å². The molecule has 0 saturated heterocycles. The molecule has 196 valence electrons. The van der Waals surface area contributed by atoms with E-state index in [0.717, 1.165) is 34.1 Å². The first-order chi connectivity index (χ1) is 19.3. The molecule has 0 spiro atoms. The highest BCUT2D eigenvalue weighted by atomic mass is 28.3. The molecular formula is C36H33N2OSi+. The first-order valence-electron chi connectivity index (χ1n) is 13.9. The van der Waals surface area contributed by atoms with Gasteiger partial charge in [-0.05, 0) is 53.6 Å². The summed E-state index contributed by atoms with van der Waals surface area (Å²) in [4.78, 5) is 2.36. The molecule has 5 aromatic carbocycles. The number of pyridine rings is 1. The largest absolute Gasteiger partial charge is 0.453 e. The van der Waals surface area contributed by atoms with Crippen LogP contribution in [0.25, 0.3) is 32.8 Å². The fourth-order valence-corrected chi connectivity index (χ4v) is 7.27. The van der Waals surface area contributed by atoms with Crippen LogP contribution in [-0.2, 0) is 7.05 Å². The average Bonchev–Trinajstić information content (AvgIpc) is 2.97. The lowest BCUT2D eigenvalue weighted by Crippen LogP contribution is -2.38. The second kappa shape index (κ2) is 9.07. The summed E-state index contributed by atoms with van der Waals surface area (Å²) in [5, 5.41) is 6.24. The maximum atomic E-state index is 7.15. The normalized spacial score (nSPS) is 12.3. The highest BCUT2D eigenvalue weighted by Gasteiger charge is 2.36. The van der Waals surface area contributed by atoms with E-state index < -0.39 is 8.07 Å². The smallest absolute Gasteiger partial charge is 0.228 e. The second-order valence-electron chi connectivity index (χ2n) is 11.8. The number of aromatic nitrogens is 1. The number of benzene rings is 5. The first kappa shape index (κ1) is 24.6. The van der Waals surface area contributed by atoms with Crippen molar-refractivity contribution in [2.75, 3.05) is 4.90 Å². The molecule has 1 aliphatic heterocycles. The average molecular weight is 538 g/mol. The third-order valence-corrected chi connectivity index (χ3v) is 10.2. The van der Waals surface area contributed by atoms with Gasteiger partial charge in [0.15, 0.2) is 11.9 Å². The quantitative estimate of drug-likeness (QED) is 0.165. The van der Waals surface area contributed by atoms with Crippen LogP contribution in [0.4, 0.5) is 17.1 Å². The molecule has 0 N–H and O–H groups in total. The molecule has 0 unspecified atom stereocenters. The number of para-hydroxylation sites is 2. The predicted octanol–water partition coefficient (Wildman–Crippen LogP) is 8.91. The van der Waals surface area contributed by atoms with Gasteiger partial charge < -0.3 is 9.64 Å². The molecular weight excluding hydrogens is 504 g/mol. The van der Waals surface area contributed by atoms with Crippen molar-refractivity contribution in [1.29, 1.82) is 0 Å². The highest BCUT2D eigenvalue weighted by molar-refractivity contribution is 6.88. The molecule has 0 radical (unpaired) electrons. The molecule has 0 amide bonds. The van der Waals surface area contributed by atoms with Crippen LogP contribution in [0.5, 0.6) is 11.5 Å². The van der Waals surface area contributed by atoms with Crippen LogP contribution < -0.4 is 19.4 Å². The number of aryl methyl sites for hydroxylation is 2. The summed E-state index contributed by atoms with van der Waals surface area (Å²) in [6.07, 6.45) is 2.20. The standard InChI is InChI=1S/C36H33N2OSi/c1-24-29-18-12-13-19-30(29)34(38(26-14-8-6-9-15-26)27-16-10-7-11-17-27)36-32(24)35-33-25(20-21-37(35)2)22-28(40(3,4)5)23-31(33)39-36/h6-23H,1-5H3/q+1. The molecule has 0 fully saturated rings. The third-order valence-electron chi connectivity index (χ3n) is 8.17. The number of ether oxygens (including phenoxy) is 1. The van der Waals surface area contributed by atoms with Gasteiger partial charge in [0.1, 0.15) is 12.8 Å². The molecule has 40 heavy (non-hydrogen) atoms. The maximum Gasteiger partial charge on any atom is 0.228 e. The Morgan fingerprint density at radius 2 is 1.32 bits per heavy atom. The predicted molar refractivity (Wildman–Crippen MR) is 171 cm³/mol. The molecule has 2 heterocycles. The summed E-state index contributed by atoms with van der Waals surface area (Å²) in [5.41, 5.74) is 6.86. The van der Waals surface area contributed by atoms with Crippen LogP contribution in [0.15, 0.2) is 109 Å². The lowest BCUT2D eigenvalue weighted by Gasteiger charge is -2.32. The van der Waals surface area contributed by atoms with E-state index in [1.807, 2.05) is 0 Å². The van der Waals surface area contributed by atoms with E-state index in [4.69, 9.17) is 4.74 Å². The van der Waals surface area contributed by atoms with E-state index in [-0.39, 0.29) is 0 Å². The molecule has 1 aromatic heterocycles. The van der Waals surface area contributed by atoms with Gasteiger partial charge in [-0.25, -0.2) is 4.57 Å². The zero-order valence-electron chi connectivity index (χ0n) is 23.7. The highest BCUT2D eigenvalue weighted by Crippen LogP contribution is 2.55. The monoisotopic (exact) mass is 537 g/mol. The van der Waals surface area contributed by atoms with Crippen molar-refractivity contribution < 1.29 is 9.30 Å². The van der Waals surface area contributed by atoms with Crippen molar-refractivity contribution in [3.05, 3.63) is 115 Å². The Bertz CT molecular complexity index is 1890. The van der Waals surface area contributed by atoms with Crippen molar-refractivity contribution in [3.63, 3.8) is 0 Å². The van der Waals surface area contributed by atoms with Gasteiger partial charge in [-0.15, -0.1) is 0 Å². The summed E-state index contributed by atoms with van der Waals surface area (Å²) >= 11 is 0. The first-order valence-corrected chi connectivity index (χ1v) is 17.4. The van der Waals surface area contributed by atoms with E-state index in [1.54, 1.807) is 0 Å². The van der Waals surface area contributed by atoms with E-state index in [1.165, 1.54) is 38.0 Å². The zero-order valence-corrected chi connectivity index (χ0v) is 24.7. The zero-order chi connectivity index (χ0) is 27.6. The fraction of sp³-hybridized carbons (Fsp3) is 0.139. The number of anilines is 3. The van der Waals surface area contributed by atoms with Gasteiger partial charge in [-0.3, -0.25) is 0 Å². The van der Waals surface area contributed by atoms with E-state index >= 15 is 0 Å². The molecule has 7 rings (SSSR count). The number of rotatable bonds is 4. The summed E-state index contributed by atoms with van der Waals surface area (Å²) in [6, 6.07) is 36.9. The van der Waals surface area contributed by atoms with Crippen LogP contribution in [0.2, 0.25) is 19.6 Å². The second-order valence-corrected chi connectivity index (χ2v) is 16.9. The van der Waals surface area contributed by atoms with Crippen LogP contribution in [0.3, 0.4) is 0 Å². The summed E-state index contributed by atoms with van der Waals surface area (Å²) in [7, 11) is 0.564. The number of fused-ring (bicyclic) bond motifs is 3. The van der Waals surface area contributed by atoms with Crippen molar-refractivity contribution in [1.82, 2.24) is 0 Å². The topological polar surface area (TPSA) is 16.4 Å². The molecule has 0 bridgehead atoms. The summed E-state index contributed by atoms with van der Waals surface area (Å²) < 4.78 is 9.42. The maximum absolute atomic E-state index is 7.15. The van der Waals surface area contributed by atoms with Gasteiger partial charge in [0.2, 0.25) is 5.69 Å². The van der Waals surface area contributed by atoms with Crippen LogP contribution in [-0.4, -0.2) is 8.07 Å². The Kier molecular flexibility index (Phi) is 5.58. The lowest BCUT2D eigenvalue weighted by atomic mass is 9.90. The van der Waals surface area contributed by atoms with E-state index in [0.29, 0.717) is 0 Å². The number of nitrogens with zero attached hydrogens (tertiary/aromatic N) is 2. The van der Waals surface area contributed by atoms with E-state index in [9.17, 15) is 0 Å². The summed E-state index contributed by atoms with van der Waals surface area (Å²) in [6.45, 7) is 9.44. The van der Waals surface area contributed by atoms with Gasteiger partial charge in [-0.2, -0.15) is 0 Å². The minimum Gasteiger partial charge on any atom is -0.453 e. The lowest BCUT2D eigenvalue weighted by molar-refractivity contribution is -0.659. The minimum atomic E-state index is -1.59. The van der Waals surface area contributed by atoms with Gasteiger partial charge >= 0.3 is 0 Å². The van der Waals surface area contributed by atoms with Gasteiger partial charge in [-0.1, -0.05) is 91.6 Å². The van der Waals surface area contributed by atoms with Gasteiger partial charge in [0.25, 0.3) is 0 Å². The Balaban J connectivity index is 1.65. The molecule has 4 heteroatoms. The van der Waals surface area contributed by atoms with Crippen molar-refractivity contribution in [3.8, 4) is 22.8 Å². The Hall–Kier alpha value is -4.41. The van der Waals surface area contributed by atoms with Gasteiger partial charge in [0.05, 0.1) is 24.7 Å². The van der Waals surface area contributed by atoms with Crippen LogP contribution >= 0.6 is 0 Å². The minimum absolute atomic E-state index is 0.909. The number of hydrogen-bond donors (Lipinski definition) is 0. The molecule has 0 aliphatic carbocycles.